The maximum absolute atomic E-state index is 12.5. The minimum absolute atomic E-state index is 0.146. The van der Waals surface area contributed by atoms with Gasteiger partial charge >= 0.3 is 0 Å². The van der Waals surface area contributed by atoms with Crippen molar-refractivity contribution < 1.29 is 9.53 Å². The van der Waals surface area contributed by atoms with Gasteiger partial charge in [0.2, 0.25) is 0 Å². The van der Waals surface area contributed by atoms with Gasteiger partial charge in [0.25, 0.3) is 5.91 Å². The first-order valence-corrected chi connectivity index (χ1v) is 9.44. The number of anilines is 1. The SMILES string of the molecule is CN(C)c1nc(CNC(=O)C(C)(C)Oc2ccc3c(c2)CCC3)cs1. The quantitative estimate of drug-likeness (QED) is 0.861. The first-order valence-electron chi connectivity index (χ1n) is 8.56. The van der Waals surface area contributed by atoms with Crippen LogP contribution in [0.5, 0.6) is 5.75 Å². The fourth-order valence-corrected chi connectivity index (χ4v) is 3.68. The van der Waals surface area contributed by atoms with Crippen molar-refractivity contribution in [1.82, 2.24) is 10.3 Å². The Morgan fingerprint density at radius 3 is 2.80 bits per heavy atom. The Morgan fingerprint density at radius 1 is 1.32 bits per heavy atom. The van der Waals surface area contributed by atoms with Gasteiger partial charge in [-0.25, -0.2) is 4.98 Å². The van der Waals surface area contributed by atoms with Gasteiger partial charge in [-0.1, -0.05) is 6.07 Å². The number of rotatable bonds is 6. The third-order valence-electron chi connectivity index (χ3n) is 4.34. The lowest BCUT2D eigenvalue weighted by Crippen LogP contribution is -2.46. The topological polar surface area (TPSA) is 54.5 Å². The summed E-state index contributed by atoms with van der Waals surface area (Å²) in [7, 11) is 3.91. The number of hydrogen-bond acceptors (Lipinski definition) is 5. The molecular formula is C19H25N3O2S. The first kappa shape index (κ1) is 17.7. The summed E-state index contributed by atoms with van der Waals surface area (Å²) in [6.07, 6.45) is 3.44. The number of amides is 1. The highest BCUT2D eigenvalue weighted by atomic mass is 32.1. The third-order valence-corrected chi connectivity index (χ3v) is 5.40. The molecule has 1 N–H and O–H groups in total. The molecule has 1 aliphatic carbocycles. The molecule has 2 aromatic rings. The molecule has 0 atom stereocenters. The molecule has 0 aliphatic heterocycles. The van der Waals surface area contributed by atoms with E-state index < -0.39 is 5.60 Å². The van der Waals surface area contributed by atoms with Crippen LogP contribution in [0.2, 0.25) is 0 Å². The Morgan fingerprint density at radius 2 is 2.08 bits per heavy atom. The molecule has 0 spiro atoms. The van der Waals surface area contributed by atoms with Gasteiger partial charge in [0, 0.05) is 19.5 Å². The van der Waals surface area contributed by atoms with Gasteiger partial charge in [-0.2, -0.15) is 0 Å². The van der Waals surface area contributed by atoms with E-state index in [9.17, 15) is 4.79 Å². The molecule has 1 amide bonds. The van der Waals surface area contributed by atoms with Crippen molar-refractivity contribution in [3.8, 4) is 5.75 Å². The van der Waals surface area contributed by atoms with Crippen LogP contribution in [-0.4, -0.2) is 30.6 Å². The number of nitrogens with one attached hydrogen (secondary N) is 1. The highest BCUT2D eigenvalue weighted by molar-refractivity contribution is 7.13. The molecule has 6 heteroatoms. The van der Waals surface area contributed by atoms with Gasteiger partial charge in [0.15, 0.2) is 10.7 Å². The minimum atomic E-state index is -0.937. The number of hydrogen-bond donors (Lipinski definition) is 1. The maximum atomic E-state index is 12.5. The number of carbonyl (C=O) groups excluding carboxylic acids is 1. The zero-order valence-corrected chi connectivity index (χ0v) is 16.1. The van der Waals surface area contributed by atoms with Gasteiger partial charge < -0.3 is 15.0 Å². The zero-order valence-electron chi connectivity index (χ0n) is 15.3. The van der Waals surface area contributed by atoms with Crippen molar-refractivity contribution in [1.29, 1.82) is 0 Å². The summed E-state index contributed by atoms with van der Waals surface area (Å²) in [5, 5.41) is 5.82. The molecule has 1 heterocycles. The van der Waals surface area contributed by atoms with Gasteiger partial charge in [-0.15, -0.1) is 11.3 Å². The van der Waals surface area contributed by atoms with Gasteiger partial charge in [-0.05, 0) is 56.4 Å². The lowest BCUT2D eigenvalue weighted by Gasteiger charge is -2.25. The van der Waals surface area contributed by atoms with E-state index in [-0.39, 0.29) is 5.91 Å². The van der Waals surface area contributed by atoms with Gasteiger partial charge in [-0.3, -0.25) is 4.79 Å². The van der Waals surface area contributed by atoms with Crippen LogP contribution in [-0.2, 0) is 24.2 Å². The normalized spacial score (nSPS) is 13.4. The number of thiazole rings is 1. The Hall–Kier alpha value is -2.08. The van der Waals surface area contributed by atoms with E-state index in [0.717, 1.165) is 29.4 Å². The summed E-state index contributed by atoms with van der Waals surface area (Å²) in [4.78, 5) is 19.0. The van der Waals surface area contributed by atoms with E-state index >= 15 is 0 Å². The average molecular weight is 359 g/mol. The maximum Gasteiger partial charge on any atom is 0.263 e. The van der Waals surface area contributed by atoms with Crippen molar-refractivity contribution in [2.45, 2.75) is 45.3 Å². The van der Waals surface area contributed by atoms with E-state index in [1.54, 1.807) is 25.2 Å². The summed E-state index contributed by atoms with van der Waals surface area (Å²) in [5.41, 5.74) is 2.66. The summed E-state index contributed by atoms with van der Waals surface area (Å²) in [6.45, 7) is 3.99. The van der Waals surface area contributed by atoms with Crippen molar-refractivity contribution in [3.05, 3.63) is 40.4 Å². The molecule has 25 heavy (non-hydrogen) atoms. The second-order valence-corrected chi connectivity index (χ2v) is 7.93. The number of carbonyl (C=O) groups is 1. The molecule has 0 bridgehead atoms. The van der Waals surface area contributed by atoms with Gasteiger partial charge in [0.1, 0.15) is 5.75 Å². The average Bonchev–Trinajstić information content (AvgIpc) is 3.20. The minimum Gasteiger partial charge on any atom is -0.478 e. The lowest BCUT2D eigenvalue weighted by atomic mass is 10.1. The summed E-state index contributed by atoms with van der Waals surface area (Å²) < 4.78 is 5.98. The molecule has 0 fully saturated rings. The third kappa shape index (κ3) is 4.12. The summed E-state index contributed by atoms with van der Waals surface area (Å²) >= 11 is 1.56. The van der Waals surface area contributed by atoms with Crippen molar-refractivity contribution in [2.24, 2.45) is 0 Å². The lowest BCUT2D eigenvalue weighted by molar-refractivity contribution is -0.134. The highest BCUT2D eigenvalue weighted by Crippen LogP contribution is 2.28. The van der Waals surface area contributed by atoms with Crippen molar-refractivity contribution in [3.63, 3.8) is 0 Å². The van der Waals surface area contributed by atoms with Crippen LogP contribution in [0.1, 0.15) is 37.1 Å². The van der Waals surface area contributed by atoms with Crippen molar-refractivity contribution in [2.75, 3.05) is 19.0 Å². The summed E-state index contributed by atoms with van der Waals surface area (Å²) in [6, 6.07) is 6.15. The number of aryl methyl sites for hydroxylation is 2. The number of fused-ring (bicyclic) bond motifs is 1. The molecule has 1 aliphatic rings. The fraction of sp³-hybridized carbons (Fsp3) is 0.474. The fourth-order valence-electron chi connectivity index (χ4n) is 2.92. The second-order valence-electron chi connectivity index (χ2n) is 7.09. The molecule has 0 saturated carbocycles. The number of aromatic nitrogens is 1. The molecule has 1 aromatic heterocycles. The predicted octanol–water partition coefficient (Wildman–Crippen LogP) is 3.17. The Kier molecular flexibility index (Phi) is 4.99. The van der Waals surface area contributed by atoms with E-state index in [0.29, 0.717) is 6.54 Å². The first-order chi connectivity index (χ1) is 11.8. The van der Waals surface area contributed by atoms with Crippen LogP contribution in [0.4, 0.5) is 5.13 Å². The van der Waals surface area contributed by atoms with E-state index in [1.807, 2.05) is 30.4 Å². The molecule has 134 valence electrons. The molecular weight excluding hydrogens is 334 g/mol. The summed E-state index contributed by atoms with van der Waals surface area (Å²) in [5.74, 6) is 0.608. The Bertz CT molecular complexity index is 768. The molecule has 1 aromatic carbocycles. The molecule has 0 unspecified atom stereocenters. The smallest absolute Gasteiger partial charge is 0.263 e. The van der Waals surface area contributed by atoms with Crippen LogP contribution in [0.25, 0.3) is 0 Å². The standard InChI is InChI=1S/C19H25N3O2S/c1-19(2,24-16-9-8-13-6-5-7-14(13)10-16)17(23)20-11-15-12-25-18(21-15)22(3)4/h8-10,12H,5-7,11H2,1-4H3,(H,20,23). The second kappa shape index (κ2) is 7.04. The molecule has 0 radical (unpaired) electrons. The van der Waals surface area contributed by atoms with E-state index in [1.165, 1.54) is 17.5 Å². The van der Waals surface area contributed by atoms with E-state index in [4.69, 9.17) is 4.74 Å². The highest BCUT2D eigenvalue weighted by Gasteiger charge is 2.30. The van der Waals surface area contributed by atoms with E-state index in [2.05, 4.69) is 22.4 Å². The molecule has 3 rings (SSSR count). The Labute approximate surface area is 153 Å². The predicted molar refractivity (Wildman–Crippen MR) is 101 cm³/mol. The van der Waals surface area contributed by atoms with Gasteiger partial charge in [0.05, 0.1) is 12.2 Å². The molecule has 0 saturated heterocycles. The largest absolute Gasteiger partial charge is 0.478 e. The Balaban J connectivity index is 1.59. The van der Waals surface area contributed by atoms with Crippen LogP contribution >= 0.6 is 11.3 Å². The van der Waals surface area contributed by atoms with Crippen LogP contribution in [0.3, 0.4) is 0 Å². The zero-order chi connectivity index (χ0) is 18.0. The number of ether oxygens (including phenoxy) is 1. The van der Waals surface area contributed by atoms with Crippen LogP contribution in [0, 0.1) is 0 Å². The number of benzene rings is 1. The molecule has 5 nitrogen and oxygen atoms in total. The monoisotopic (exact) mass is 359 g/mol. The number of nitrogens with zero attached hydrogens (tertiary/aromatic N) is 2. The van der Waals surface area contributed by atoms with Crippen LogP contribution in [0.15, 0.2) is 23.6 Å². The van der Waals surface area contributed by atoms with Crippen LogP contribution < -0.4 is 15.0 Å². The van der Waals surface area contributed by atoms with Crippen molar-refractivity contribution >= 4 is 22.4 Å².